The van der Waals surface area contributed by atoms with Gasteiger partial charge in [0.2, 0.25) is 5.95 Å². The van der Waals surface area contributed by atoms with Gasteiger partial charge < -0.3 is 10.6 Å². The molecule has 4 nitrogen and oxygen atoms in total. The minimum atomic E-state index is 0.233. The Balaban J connectivity index is 2.23. The zero-order valence-corrected chi connectivity index (χ0v) is 12.6. The van der Waals surface area contributed by atoms with E-state index >= 15 is 0 Å². The van der Waals surface area contributed by atoms with Crippen LogP contribution in [0.15, 0.2) is 41.0 Å². The molecular formula is C14H17BrN4. The first-order valence-electron chi connectivity index (χ1n) is 6.26. The number of hydrogen-bond donors (Lipinski definition) is 2. The third-order valence-corrected chi connectivity index (χ3v) is 3.47. The second kappa shape index (κ2) is 6.52. The topological polar surface area (TPSA) is 49.8 Å². The maximum Gasteiger partial charge on any atom is 0.224 e. The number of rotatable bonds is 5. The minimum Gasteiger partial charge on any atom is -0.362 e. The molecule has 0 fully saturated rings. The molecule has 0 aliphatic carbocycles. The van der Waals surface area contributed by atoms with Crippen molar-refractivity contribution in [1.29, 1.82) is 0 Å². The summed E-state index contributed by atoms with van der Waals surface area (Å²) < 4.78 is 0.862. The van der Waals surface area contributed by atoms with Gasteiger partial charge in [0.25, 0.3) is 0 Å². The van der Waals surface area contributed by atoms with Gasteiger partial charge in [-0.1, -0.05) is 37.3 Å². The summed E-state index contributed by atoms with van der Waals surface area (Å²) >= 11 is 3.47. The number of halogens is 1. The highest BCUT2D eigenvalue weighted by atomic mass is 79.9. The summed E-state index contributed by atoms with van der Waals surface area (Å²) in [7, 11) is 1.81. The van der Waals surface area contributed by atoms with Gasteiger partial charge in [0, 0.05) is 13.2 Å². The van der Waals surface area contributed by atoms with Crippen LogP contribution >= 0.6 is 15.9 Å². The Morgan fingerprint density at radius 3 is 2.63 bits per heavy atom. The van der Waals surface area contributed by atoms with E-state index < -0.39 is 0 Å². The fourth-order valence-corrected chi connectivity index (χ4v) is 2.17. The third kappa shape index (κ3) is 3.44. The van der Waals surface area contributed by atoms with Crippen LogP contribution in [0.3, 0.4) is 0 Å². The molecule has 1 aromatic heterocycles. The van der Waals surface area contributed by atoms with Gasteiger partial charge in [-0.2, -0.15) is 4.98 Å². The van der Waals surface area contributed by atoms with Gasteiger partial charge in [-0.25, -0.2) is 4.98 Å². The van der Waals surface area contributed by atoms with E-state index in [1.807, 2.05) is 25.2 Å². The monoisotopic (exact) mass is 320 g/mol. The van der Waals surface area contributed by atoms with Crippen molar-refractivity contribution in [3.05, 3.63) is 46.6 Å². The van der Waals surface area contributed by atoms with Crippen LogP contribution in [-0.4, -0.2) is 17.0 Å². The third-order valence-electron chi connectivity index (χ3n) is 2.89. The fraction of sp³-hybridized carbons (Fsp3) is 0.286. The standard InChI is InChI=1S/C14H17BrN4/c1-3-12(10-7-5-4-6-8-10)18-13-11(15)9-17-14(16-2)19-13/h4-9,12H,3H2,1-2H3,(H2,16,17,18,19). The molecule has 0 saturated heterocycles. The average molecular weight is 321 g/mol. The molecule has 5 heteroatoms. The Morgan fingerprint density at radius 1 is 1.26 bits per heavy atom. The van der Waals surface area contributed by atoms with Crippen LogP contribution in [0.25, 0.3) is 0 Å². The van der Waals surface area contributed by atoms with Gasteiger partial charge in [0.1, 0.15) is 5.82 Å². The maximum absolute atomic E-state index is 4.42. The molecule has 0 aliphatic rings. The molecule has 2 aromatic rings. The first-order valence-corrected chi connectivity index (χ1v) is 7.05. The van der Waals surface area contributed by atoms with E-state index in [-0.39, 0.29) is 6.04 Å². The molecule has 1 heterocycles. The van der Waals surface area contributed by atoms with Crippen molar-refractivity contribution in [2.75, 3.05) is 17.7 Å². The Kier molecular flexibility index (Phi) is 4.74. The number of benzene rings is 1. The van der Waals surface area contributed by atoms with E-state index in [9.17, 15) is 0 Å². The smallest absolute Gasteiger partial charge is 0.224 e. The van der Waals surface area contributed by atoms with Gasteiger partial charge in [0.05, 0.1) is 10.5 Å². The van der Waals surface area contributed by atoms with Gasteiger partial charge in [-0.3, -0.25) is 0 Å². The molecule has 0 aliphatic heterocycles. The largest absolute Gasteiger partial charge is 0.362 e. The highest BCUT2D eigenvalue weighted by Crippen LogP contribution is 2.26. The lowest BCUT2D eigenvalue weighted by Crippen LogP contribution is -2.12. The van der Waals surface area contributed by atoms with Crippen LogP contribution in [0.1, 0.15) is 24.9 Å². The zero-order chi connectivity index (χ0) is 13.7. The van der Waals surface area contributed by atoms with E-state index in [1.54, 1.807) is 6.20 Å². The quantitative estimate of drug-likeness (QED) is 0.878. The lowest BCUT2D eigenvalue weighted by Gasteiger charge is -2.19. The molecule has 0 amide bonds. The van der Waals surface area contributed by atoms with Crippen molar-refractivity contribution in [3.8, 4) is 0 Å². The van der Waals surface area contributed by atoms with E-state index in [4.69, 9.17) is 0 Å². The predicted molar refractivity (Wildman–Crippen MR) is 82.4 cm³/mol. The van der Waals surface area contributed by atoms with Gasteiger partial charge >= 0.3 is 0 Å². The van der Waals surface area contributed by atoms with Crippen LogP contribution < -0.4 is 10.6 Å². The summed E-state index contributed by atoms with van der Waals surface area (Å²) in [6.45, 7) is 2.15. The number of nitrogens with one attached hydrogen (secondary N) is 2. The van der Waals surface area contributed by atoms with Crippen molar-refractivity contribution in [2.45, 2.75) is 19.4 Å². The Bertz CT molecular complexity index is 530. The second-order valence-corrected chi connectivity index (χ2v) is 5.01. The molecule has 100 valence electrons. The van der Waals surface area contributed by atoms with Gasteiger partial charge in [-0.05, 0) is 27.9 Å². The lowest BCUT2D eigenvalue weighted by atomic mass is 10.0. The zero-order valence-electron chi connectivity index (χ0n) is 11.0. The molecule has 0 radical (unpaired) electrons. The number of aromatic nitrogens is 2. The molecule has 19 heavy (non-hydrogen) atoms. The normalized spacial score (nSPS) is 11.9. The molecule has 1 atom stereocenters. The number of hydrogen-bond acceptors (Lipinski definition) is 4. The molecule has 1 unspecified atom stereocenters. The van der Waals surface area contributed by atoms with E-state index in [1.165, 1.54) is 5.56 Å². The van der Waals surface area contributed by atoms with E-state index in [0.717, 1.165) is 16.7 Å². The lowest BCUT2D eigenvalue weighted by molar-refractivity contribution is 0.743. The number of anilines is 2. The van der Waals surface area contributed by atoms with Crippen molar-refractivity contribution < 1.29 is 0 Å². The van der Waals surface area contributed by atoms with Crippen molar-refractivity contribution in [2.24, 2.45) is 0 Å². The molecule has 0 spiro atoms. The summed E-state index contributed by atoms with van der Waals surface area (Å²) in [4.78, 5) is 8.58. The fourth-order valence-electron chi connectivity index (χ4n) is 1.86. The molecule has 1 aromatic carbocycles. The SMILES string of the molecule is CCC(Nc1nc(NC)ncc1Br)c1ccccc1. The number of nitrogens with zero attached hydrogens (tertiary/aromatic N) is 2. The highest BCUT2D eigenvalue weighted by Gasteiger charge is 2.12. The van der Waals surface area contributed by atoms with E-state index in [2.05, 4.69) is 55.6 Å². The first-order chi connectivity index (χ1) is 9.24. The summed E-state index contributed by atoms with van der Waals surface area (Å²) in [5, 5.41) is 6.39. The Labute approximate surface area is 121 Å². The minimum absolute atomic E-state index is 0.233. The molecular weight excluding hydrogens is 304 g/mol. The predicted octanol–water partition coefficient (Wildman–Crippen LogP) is 3.84. The first kappa shape index (κ1) is 13.8. The summed E-state index contributed by atoms with van der Waals surface area (Å²) in [6, 6.07) is 10.6. The van der Waals surface area contributed by atoms with Crippen LogP contribution in [0.5, 0.6) is 0 Å². The van der Waals surface area contributed by atoms with Crippen LogP contribution in [0, 0.1) is 0 Å². The second-order valence-electron chi connectivity index (χ2n) is 4.16. The van der Waals surface area contributed by atoms with Crippen LogP contribution in [0.2, 0.25) is 0 Å². The summed E-state index contributed by atoms with van der Waals surface area (Å²) in [5.41, 5.74) is 1.25. The van der Waals surface area contributed by atoms with Crippen molar-refractivity contribution >= 4 is 27.7 Å². The Morgan fingerprint density at radius 2 is 2.00 bits per heavy atom. The van der Waals surface area contributed by atoms with Gasteiger partial charge in [-0.15, -0.1) is 0 Å². The molecule has 2 N–H and O–H groups in total. The van der Waals surface area contributed by atoms with Crippen molar-refractivity contribution in [1.82, 2.24) is 9.97 Å². The van der Waals surface area contributed by atoms with E-state index in [0.29, 0.717) is 5.95 Å². The Hall–Kier alpha value is -1.62. The maximum atomic E-state index is 4.42. The highest BCUT2D eigenvalue weighted by molar-refractivity contribution is 9.10. The van der Waals surface area contributed by atoms with Crippen molar-refractivity contribution in [3.63, 3.8) is 0 Å². The summed E-state index contributed by atoms with van der Waals surface area (Å²) in [6.07, 6.45) is 2.73. The van der Waals surface area contributed by atoms with Gasteiger partial charge in [0.15, 0.2) is 0 Å². The van der Waals surface area contributed by atoms with Crippen LogP contribution in [-0.2, 0) is 0 Å². The summed E-state index contributed by atoms with van der Waals surface area (Å²) in [5.74, 6) is 1.41. The average Bonchev–Trinajstić information content (AvgIpc) is 2.47. The molecule has 0 saturated carbocycles. The molecule has 0 bridgehead atoms. The molecule has 2 rings (SSSR count). The van der Waals surface area contributed by atoms with Crippen LogP contribution in [0.4, 0.5) is 11.8 Å².